The summed E-state index contributed by atoms with van der Waals surface area (Å²) < 4.78 is 13.1. The molecule has 0 saturated heterocycles. The van der Waals surface area contributed by atoms with Crippen molar-refractivity contribution in [1.29, 1.82) is 0 Å². The van der Waals surface area contributed by atoms with Crippen molar-refractivity contribution in [3.63, 3.8) is 0 Å². The minimum Gasteiger partial charge on any atom is -0.497 e. The average Bonchev–Trinajstić information content (AvgIpc) is 3.11. The van der Waals surface area contributed by atoms with Crippen molar-refractivity contribution in [1.82, 2.24) is 9.88 Å². The fourth-order valence-electron chi connectivity index (χ4n) is 5.92. The molecule has 1 atom stereocenters. The molecule has 0 fully saturated rings. The van der Waals surface area contributed by atoms with E-state index in [0.717, 1.165) is 33.0 Å². The number of nitrogens with one attached hydrogen (secondary N) is 2. The van der Waals surface area contributed by atoms with Crippen molar-refractivity contribution in [2.45, 2.75) is 78.0 Å². The molecule has 0 spiro atoms. The molecule has 2 amide bonds. The Morgan fingerprint density at radius 3 is 2.09 bits per heavy atom. The molecule has 0 aliphatic heterocycles. The van der Waals surface area contributed by atoms with Crippen LogP contribution in [0.2, 0.25) is 0 Å². The molecule has 0 unspecified atom stereocenters. The lowest BCUT2D eigenvalue weighted by Crippen LogP contribution is -2.46. The van der Waals surface area contributed by atoms with E-state index in [2.05, 4.69) is 26.6 Å². The maximum Gasteiger partial charge on any atom is 0.316 e. The third-order valence-electron chi connectivity index (χ3n) is 9.09. The van der Waals surface area contributed by atoms with Gasteiger partial charge in [0.2, 0.25) is 11.8 Å². The topological polar surface area (TPSA) is 116 Å². The summed E-state index contributed by atoms with van der Waals surface area (Å²) in [5.41, 5.74) is 1.92. The normalized spacial score (nSPS) is 12.2. The van der Waals surface area contributed by atoms with Gasteiger partial charge in [-0.05, 0) is 108 Å². The summed E-state index contributed by atoms with van der Waals surface area (Å²) >= 11 is 3.56. The molecule has 4 aromatic carbocycles. The van der Waals surface area contributed by atoms with Crippen LogP contribution in [0, 0.1) is 6.92 Å². The molecular formula is C43H46BrN3O6. The van der Waals surface area contributed by atoms with Gasteiger partial charge in [0.25, 0.3) is 5.56 Å². The first-order valence-corrected chi connectivity index (χ1v) is 18.3. The lowest BCUT2D eigenvalue weighted by molar-refractivity contribution is -0.160. The number of carbonyl (C=O) groups excluding carboxylic acids is 3. The van der Waals surface area contributed by atoms with Crippen LogP contribution in [0.5, 0.6) is 5.75 Å². The Labute approximate surface area is 318 Å². The Morgan fingerprint density at radius 2 is 1.45 bits per heavy atom. The minimum absolute atomic E-state index is 0.0577. The molecule has 1 aromatic heterocycles. The summed E-state index contributed by atoms with van der Waals surface area (Å²) in [5.74, 6) is -0.525. The van der Waals surface area contributed by atoms with Gasteiger partial charge in [-0.25, -0.2) is 0 Å². The van der Waals surface area contributed by atoms with Gasteiger partial charge in [-0.1, -0.05) is 78.9 Å². The molecule has 0 radical (unpaired) electrons. The average molecular weight is 781 g/mol. The predicted molar refractivity (Wildman–Crippen MR) is 212 cm³/mol. The third-order valence-corrected chi connectivity index (χ3v) is 9.89. The fraction of sp³-hybridized carbons (Fsp3) is 0.302. The highest BCUT2D eigenvalue weighted by molar-refractivity contribution is 9.10. The number of amides is 2. The van der Waals surface area contributed by atoms with Gasteiger partial charge >= 0.3 is 5.97 Å². The van der Waals surface area contributed by atoms with Gasteiger partial charge in [0.05, 0.1) is 25.5 Å². The number of methoxy groups -OCH3 is 1. The summed E-state index contributed by atoms with van der Waals surface area (Å²) in [6, 6.07) is 27.4. The molecular weight excluding hydrogens is 734 g/mol. The standard InChI is InChI=1S/C43H46BrN3O6/c1-27-35(44)26-47(25-29-15-20-34(52-7)21-16-29)40(50)38(27)46-39(49)36(45-37(48)24-30-12-17-31-10-8-9-11-32(31)22-30)23-28-13-18-33(19-14-28)43(5,6)41(51)53-42(2,3)4/h8-22,26,36H,23-25H2,1-7H3,(H,45,48)(H,46,49)/t36-/m0/s1. The number of hydrogen-bond acceptors (Lipinski definition) is 6. The van der Waals surface area contributed by atoms with E-state index in [9.17, 15) is 19.2 Å². The largest absolute Gasteiger partial charge is 0.497 e. The second-order valence-electron chi connectivity index (χ2n) is 14.8. The summed E-state index contributed by atoms with van der Waals surface area (Å²) in [4.78, 5) is 54.5. The molecule has 2 N–H and O–H groups in total. The van der Waals surface area contributed by atoms with Gasteiger partial charge < -0.3 is 24.7 Å². The molecule has 1 heterocycles. The van der Waals surface area contributed by atoms with Crippen molar-refractivity contribution in [2.75, 3.05) is 12.4 Å². The number of nitrogens with zero attached hydrogens (tertiary/aromatic N) is 1. The molecule has 5 rings (SSSR count). The van der Waals surface area contributed by atoms with Crippen LogP contribution >= 0.6 is 15.9 Å². The number of anilines is 1. The maximum absolute atomic E-state index is 14.1. The molecule has 0 saturated carbocycles. The van der Waals surface area contributed by atoms with E-state index in [1.807, 2.05) is 112 Å². The molecule has 276 valence electrons. The van der Waals surface area contributed by atoms with Crippen LogP contribution in [0.1, 0.15) is 62.4 Å². The predicted octanol–water partition coefficient (Wildman–Crippen LogP) is 7.66. The van der Waals surface area contributed by atoms with Crippen LogP contribution < -0.4 is 20.9 Å². The number of benzene rings is 4. The second kappa shape index (κ2) is 16.2. The van der Waals surface area contributed by atoms with Gasteiger partial charge in [0.1, 0.15) is 23.1 Å². The monoisotopic (exact) mass is 779 g/mol. The highest BCUT2D eigenvalue weighted by Crippen LogP contribution is 2.28. The molecule has 5 aromatic rings. The van der Waals surface area contributed by atoms with Gasteiger partial charge in [-0.2, -0.15) is 0 Å². The molecule has 0 bridgehead atoms. The SMILES string of the molecule is COc1ccc(Cn2cc(Br)c(C)c(NC(=O)[C@H](Cc3ccc(C(C)(C)C(=O)OC(C)(C)C)cc3)NC(=O)Cc3ccc4ccccc4c3)c2=O)cc1. The quantitative estimate of drug-likeness (QED) is 0.126. The van der Waals surface area contributed by atoms with Crippen molar-refractivity contribution in [3.05, 3.63) is 140 Å². The van der Waals surface area contributed by atoms with E-state index < -0.39 is 23.0 Å². The molecule has 10 heteroatoms. The minimum atomic E-state index is -1.03. The molecule has 0 aliphatic carbocycles. The Morgan fingerprint density at radius 1 is 0.830 bits per heavy atom. The first-order valence-electron chi connectivity index (χ1n) is 17.5. The highest BCUT2D eigenvalue weighted by Gasteiger charge is 2.34. The van der Waals surface area contributed by atoms with Crippen LogP contribution in [0.25, 0.3) is 10.8 Å². The van der Waals surface area contributed by atoms with Crippen LogP contribution in [0.15, 0.2) is 106 Å². The number of pyridine rings is 1. The van der Waals surface area contributed by atoms with E-state index in [1.165, 1.54) is 4.57 Å². The first-order chi connectivity index (χ1) is 25.0. The Kier molecular flexibility index (Phi) is 11.9. The molecule has 9 nitrogen and oxygen atoms in total. The van der Waals surface area contributed by atoms with Crippen LogP contribution in [-0.2, 0) is 43.9 Å². The fourth-order valence-corrected chi connectivity index (χ4v) is 6.37. The number of ether oxygens (including phenoxy) is 2. The van der Waals surface area contributed by atoms with Gasteiger partial charge in [-0.15, -0.1) is 0 Å². The van der Waals surface area contributed by atoms with Gasteiger partial charge in [0.15, 0.2) is 0 Å². The molecule has 53 heavy (non-hydrogen) atoms. The lowest BCUT2D eigenvalue weighted by Gasteiger charge is -2.29. The second-order valence-corrected chi connectivity index (χ2v) is 15.6. The van der Waals surface area contributed by atoms with E-state index in [-0.39, 0.29) is 42.5 Å². The zero-order valence-electron chi connectivity index (χ0n) is 31.2. The summed E-state index contributed by atoms with van der Waals surface area (Å²) in [5, 5.41) is 7.86. The number of carbonyl (C=O) groups is 3. The van der Waals surface area contributed by atoms with Crippen molar-refractivity contribution in [2.24, 2.45) is 0 Å². The van der Waals surface area contributed by atoms with Crippen LogP contribution in [-0.4, -0.2) is 41.1 Å². The van der Waals surface area contributed by atoms with E-state index in [1.54, 1.807) is 34.1 Å². The zero-order valence-corrected chi connectivity index (χ0v) is 32.8. The Bertz CT molecular complexity index is 2180. The first kappa shape index (κ1) is 39.0. The highest BCUT2D eigenvalue weighted by atomic mass is 79.9. The lowest BCUT2D eigenvalue weighted by atomic mass is 9.84. The number of aromatic nitrogens is 1. The molecule has 0 aliphatic rings. The maximum atomic E-state index is 14.1. The van der Waals surface area contributed by atoms with E-state index >= 15 is 0 Å². The summed E-state index contributed by atoms with van der Waals surface area (Å²) in [6.07, 6.45) is 1.89. The van der Waals surface area contributed by atoms with Crippen molar-refractivity contribution >= 4 is 50.2 Å². The van der Waals surface area contributed by atoms with Crippen molar-refractivity contribution < 1.29 is 23.9 Å². The van der Waals surface area contributed by atoms with Crippen molar-refractivity contribution in [3.8, 4) is 5.75 Å². The van der Waals surface area contributed by atoms with Gasteiger partial charge in [-0.3, -0.25) is 19.2 Å². The number of rotatable bonds is 12. The summed E-state index contributed by atoms with van der Waals surface area (Å²) in [7, 11) is 1.59. The number of esters is 1. The zero-order chi connectivity index (χ0) is 38.5. The van der Waals surface area contributed by atoms with Crippen LogP contribution in [0.4, 0.5) is 5.69 Å². The number of hydrogen-bond donors (Lipinski definition) is 2. The number of fused-ring (bicyclic) bond motifs is 1. The van der Waals surface area contributed by atoms with E-state index in [0.29, 0.717) is 15.8 Å². The number of halogens is 1. The van der Waals surface area contributed by atoms with Crippen LogP contribution in [0.3, 0.4) is 0 Å². The Hall–Kier alpha value is -5.22. The summed E-state index contributed by atoms with van der Waals surface area (Å²) in [6.45, 7) is 11.1. The van der Waals surface area contributed by atoms with Gasteiger partial charge in [0, 0.05) is 17.1 Å². The third kappa shape index (κ3) is 9.81. The Balaban J connectivity index is 1.41. The van der Waals surface area contributed by atoms with E-state index in [4.69, 9.17) is 9.47 Å². The smallest absolute Gasteiger partial charge is 0.316 e.